The Labute approximate surface area is 320 Å². The predicted octanol–water partition coefficient (Wildman–Crippen LogP) is 13.3. The van der Waals surface area contributed by atoms with Gasteiger partial charge in [-0.1, -0.05) is 91.0 Å². The minimum Gasteiger partial charge on any atom is -0.309 e. The van der Waals surface area contributed by atoms with Gasteiger partial charge in [0.25, 0.3) is 0 Å². The molecule has 0 atom stereocenters. The van der Waals surface area contributed by atoms with E-state index in [9.17, 15) is 10.5 Å². The van der Waals surface area contributed by atoms with Crippen LogP contribution in [0.2, 0.25) is 0 Å². The molecule has 254 valence electrons. The number of nitrogens with zero attached hydrogens (tertiary/aromatic N) is 4. The third kappa shape index (κ3) is 4.68. The molecule has 55 heavy (non-hydrogen) atoms. The van der Waals surface area contributed by atoms with E-state index in [1.54, 1.807) is 0 Å². The standard InChI is InChI=1S/C50H28N4S/c51-29-31-19-22-45-42(25-31)39-15-3-5-17-44(39)53(45)35-11-7-9-33(27-35)37-13-1-2-14-38(37)34-10-8-12-36(28-34)54-46-23-20-32(30-52)26-43(46)40-21-24-48-49(50(40)54)41-16-4-6-18-47(41)55-48/h1-28H. The maximum atomic E-state index is 9.87. The SMILES string of the molecule is N#Cc1ccc2c(c1)c1ccccc1n2-c1cccc(-c2ccccc2-c2cccc(-n3c4ccc(C#N)cc4c4ccc5sc6ccccc6c5c43)c2)c1. The van der Waals surface area contributed by atoms with E-state index < -0.39 is 0 Å². The van der Waals surface area contributed by atoms with Gasteiger partial charge < -0.3 is 9.13 Å². The summed E-state index contributed by atoms with van der Waals surface area (Å²) in [6, 6.07) is 64.4. The fourth-order valence-electron chi connectivity index (χ4n) is 8.59. The smallest absolute Gasteiger partial charge is 0.0991 e. The summed E-state index contributed by atoms with van der Waals surface area (Å²) < 4.78 is 7.19. The fraction of sp³-hybridized carbons (Fsp3) is 0. The molecule has 8 aromatic carbocycles. The molecule has 0 unspecified atom stereocenters. The third-order valence-corrected chi connectivity index (χ3v) is 12.1. The summed E-state index contributed by atoms with van der Waals surface area (Å²) in [7, 11) is 0. The highest BCUT2D eigenvalue weighted by Gasteiger charge is 2.20. The summed E-state index contributed by atoms with van der Waals surface area (Å²) in [6.45, 7) is 0. The van der Waals surface area contributed by atoms with Gasteiger partial charge in [0.05, 0.1) is 45.3 Å². The van der Waals surface area contributed by atoms with Crippen molar-refractivity contribution in [2.45, 2.75) is 0 Å². The Morgan fingerprint density at radius 2 is 0.964 bits per heavy atom. The Balaban J connectivity index is 1.11. The average Bonchev–Trinajstić information content (AvgIpc) is 3.90. The lowest BCUT2D eigenvalue weighted by atomic mass is 9.94. The van der Waals surface area contributed by atoms with Crippen LogP contribution in [0.3, 0.4) is 0 Å². The van der Waals surface area contributed by atoms with Gasteiger partial charge in [-0.15, -0.1) is 11.3 Å². The van der Waals surface area contributed by atoms with E-state index in [0.717, 1.165) is 77.2 Å². The molecule has 5 heteroatoms. The number of fused-ring (bicyclic) bond motifs is 10. The third-order valence-electron chi connectivity index (χ3n) is 11.0. The molecule has 0 bridgehead atoms. The zero-order valence-corrected chi connectivity index (χ0v) is 30.2. The second kappa shape index (κ2) is 12.0. The Bertz CT molecular complexity index is 3470. The van der Waals surface area contributed by atoms with Gasteiger partial charge >= 0.3 is 0 Å². The molecule has 11 aromatic rings. The average molecular weight is 717 g/mol. The summed E-state index contributed by atoms with van der Waals surface area (Å²) in [5.41, 5.74) is 12.3. The second-order valence-electron chi connectivity index (χ2n) is 14.0. The normalized spacial score (nSPS) is 11.6. The molecule has 0 fully saturated rings. The summed E-state index contributed by atoms with van der Waals surface area (Å²) >= 11 is 1.82. The van der Waals surface area contributed by atoms with Crippen molar-refractivity contribution >= 4 is 75.1 Å². The monoisotopic (exact) mass is 716 g/mol. The molecule has 0 aliphatic carbocycles. The van der Waals surface area contributed by atoms with Gasteiger partial charge in [-0.3, -0.25) is 0 Å². The molecule has 3 heterocycles. The van der Waals surface area contributed by atoms with Crippen LogP contribution in [0.4, 0.5) is 0 Å². The Hall–Kier alpha value is -7.44. The van der Waals surface area contributed by atoms with Crippen LogP contribution in [0.15, 0.2) is 170 Å². The second-order valence-corrected chi connectivity index (χ2v) is 15.0. The van der Waals surface area contributed by atoms with Crippen molar-refractivity contribution in [3.8, 4) is 45.8 Å². The summed E-state index contributed by atoms with van der Waals surface area (Å²) in [5.74, 6) is 0. The quantitative estimate of drug-likeness (QED) is 0.182. The van der Waals surface area contributed by atoms with Gasteiger partial charge in [0.15, 0.2) is 0 Å². The topological polar surface area (TPSA) is 57.4 Å². The van der Waals surface area contributed by atoms with E-state index in [2.05, 4.69) is 167 Å². The Kier molecular flexibility index (Phi) is 6.82. The molecule has 0 saturated heterocycles. The first kappa shape index (κ1) is 31.1. The maximum Gasteiger partial charge on any atom is 0.0991 e. The molecule has 0 saturated carbocycles. The van der Waals surface area contributed by atoms with Crippen LogP contribution in [0, 0.1) is 22.7 Å². The zero-order valence-electron chi connectivity index (χ0n) is 29.4. The highest BCUT2D eigenvalue weighted by atomic mass is 32.1. The first-order chi connectivity index (χ1) is 27.2. The van der Waals surface area contributed by atoms with E-state index >= 15 is 0 Å². The first-order valence-corrected chi connectivity index (χ1v) is 19.0. The van der Waals surface area contributed by atoms with Gasteiger partial charge in [-0.05, 0) is 101 Å². The van der Waals surface area contributed by atoms with Crippen molar-refractivity contribution in [2.75, 3.05) is 0 Å². The van der Waals surface area contributed by atoms with Crippen molar-refractivity contribution in [1.82, 2.24) is 9.13 Å². The van der Waals surface area contributed by atoms with E-state index in [0.29, 0.717) is 11.1 Å². The molecule has 0 radical (unpaired) electrons. The lowest BCUT2D eigenvalue weighted by molar-refractivity contribution is 1.18. The molecule has 0 aliphatic heterocycles. The molecular weight excluding hydrogens is 689 g/mol. The fourth-order valence-corrected chi connectivity index (χ4v) is 9.69. The lowest BCUT2D eigenvalue weighted by Crippen LogP contribution is -1.96. The minimum atomic E-state index is 0.652. The highest BCUT2D eigenvalue weighted by molar-refractivity contribution is 7.26. The minimum absolute atomic E-state index is 0.652. The maximum absolute atomic E-state index is 9.87. The van der Waals surface area contributed by atoms with Crippen molar-refractivity contribution < 1.29 is 0 Å². The molecule has 3 aromatic heterocycles. The van der Waals surface area contributed by atoms with E-state index in [4.69, 9.17) is 0 Å². The van der Waals surface area contributed by atoms with Crippen LogP contribution >= 0.6 is 11.3 Å². The number of hydrogen-bond donors (Lipinski definition) is 0. The highest BCUT2D eigenvalue weighted by Crippen LogP contribution is 2.44. The van der Waals surface area contributed by atoms with Crippen LogP contribution in [0.5, 0.6) is 0 Å². The van der Waals surface area contributed by atoms with Gasteiger partial charge in [-0.25, -0.2) is 0 Å². The largest absolute Gasteiger partial charge is 0.309 e. The van der Waals surface area contributed by atoms with Crippen LogP contribution in [-0.4, -0.2) is 9.13 Å². The van der Waals surface area contributed by atoms with E-state index in [-0.39, 0.29) is 0 Å². The van der Waals surface area contributed by atoms with Gasteiger partial charge in [-0.2, -0.15) is 10.5 Å². The molecule has 0 spiro atoms. The van der Waals surface area contributed by atoms with E-state index in [1.807, 2.05) is 35.6 Å². The predicted molar refractivity (Wildman–Crippen MR) is 228 cm³/mol. The van der Waals surface area contributed by atoms with Crippen LogP contribution in [-0.2, 0) is 0 Å². The van der Waals surface area contributed by atoms with Crippen LogP contribution in [0.1, 0.15) is 11.1 Å². The van der Waals surface area contributed by atoms with Gasteiger partial charge in [0.2, 0.25) is 0 Å². The van der Waals surface area contributed by atoms with Crippen molar-refractivity contribution in [3.05, 3.63) is 181 Å². The van der Waals surface area contributed by atoms with Crippen LogP contribution < -0.4 is 0 Å². The van der Waals surface area contributed by atoms with Crippen molar-refractivity contribution in [2.24, 2.45) is 0 Å². The van der Waals surface area contributed by atoms with Crippen molar-refractivity contribution in [3.63, 3.8) is 0 Å². The number of aromatic nitrogens is 2. The van der Waals surface area contributed by atoms with Gasteiger partial charge in [0, 0.05) is 53.1 Å². The zero-order chi connectivity index (χ0) is 36.6. The molecule has 11 rings (SSSR count). The summed E-state index contributed by atoms with van der Waals surface area (Å²) in [6.07, 6.45) is 0. The number of rotatable bonds is 4. The molecule has 0 N–H and O–H groups in total. The number of thiophene rings is 1. The first-order valence-electron chi connectivity index (χ1n) is 18.2. The lowest BCUT2D eigenvalue weighted by Gasteiger charge is -2.15. The molecule has 0 aliphatic rings. The van der Waals surface area contributed by atoms with Gasteiger partial charge in [0.1, 0.15) is 0 Å². The van der Waals surface area contributed by atoms with E-state index in [1.165, 1.54) is 20.2 Å². The van der Waals surface area contributed by atoms with Crippen molar-refractivity contribution in [1.29, 1.82) is 10.5 Å². The number of benzene rings is 8. The number of para-hydroxylation sites is 1. The molecular formula is C50H28N4S. The Morgan fingerprint density at radius 3 is 1.65 bits per heavy atom. The van der Waals surface area contributed by atoms with Crippen LogP contribution in [0.25, 0.3) is 97.4 Å². The molecule has 4 nitrogen and oxygen atoms in total. The molecule has 0 amide bonds. The number of hydrogen-bond acceptors (Lipinski definition) is 3. The number of nitriles is 2. The Morgan fingerprint density at radius 1 is 0.400 bits per heavy atom. The summed E-state index contributed by atoms with van der Waals surface area (Å²) in [4.78, 5) is 0. The summed E-state index contributed by atoms with van der Waals surface area (Å²) in [5, 5.41) is 26.4.